The molecule has 4 aromatic rings. The Hall–Kier alpha value is -4.33. The summed E-state index contributed by atoms with van der Waals surface area (Å²) < 4.78 is 28.0. The Balaban J connectivity index is 1.65. The Morgan fingerprint density at radius 2 is 1.12 bits per heavy atom. The van der Waals surface area contributed by atoms with Crippen molar-refractivity contribution >= 4 is 38.5 Å². The lowest BCUT2D eigenvalue weighted by Gasteiger charge is -2.45. The first-order chi connectivity index (χ1) is 20.1. The summed E-state index contributed by atoms with van der Waals surface area (Å²) >= 11 is 0. The van der Waals surface area contributed by atoms with E-state index in [1.807, 2.05) is 60.7 Å². The van der Waals surface area contributed by atoms with Gasteiger partial charge in [0.2, 0.25) is 5.91 Å². The van der Waals surface area contributed by atoms with Gasteiger partial charge in [0.05, 0.1) is 28.0 Å². The number of aliphatic hydroxyl groups excluding tert-OH is 1. The van der Waals surface area contributed by atoms with Gasteiger partial charge in [-0.3, -0.25) is 9.59 Å². The van der Waals surface area contributed by atoms with Crippen LogP contribution >= 0.6 is 0 Å². The number of nitrogens with zero attached hydrogens (tertiary/aromatic N) is 1. The predicted molar refractivity (Wildman–Crippen MR) is 161 cm³/mol. The minimum absolute atomic E-state index is 0.0655. The number of aliphatic hydroxyl groups is 1. The molecule has 6 nitrogen and oxygen atoms in total. The molecule has 1 saturated carbocycles. The van der Waals surface area contributed by atoms with Gasteiger partial charge in [-0.05, 0) is 46.5 Å². The lowest BCUT2D eigenvalue weighted by molar-refractivity contribution is -0.125. The number of imide groups is 1. The van der Waals surface area contributed by atoms with E-state index in [2.05, 4.69) is 0 Å². The number of carbonyl (C=O) groups excluding carboxylic acids is 2. The van der Waals surface area contributed by atoms with Crippen LogP contribution in [0.3, 0.4) is 0 Å². The van der Waals surface area contributed by atoms with E-state index >= 15 is 13.2 Å². The van der Waals surface area contributed by atoms with E-state index in [-0.39, 0.29) is 4.90 Å². The normalized spacial score (nSPS) is 30.2. The summed E-state index contributed by atoms with van der Waals surface area (Å²) in [7, 11) is -4.57. The lowest BCUT2D eigenvalue weighted by Crippen LogP contribution is -2.61. The van der Waals surface area contributed by atoms with E-state index in [9.17, 15) is 9.90 Å². The minimum Gasteiger partial charge on any atom is -0.391 e. The van der Waals surface area contributed by atoms with Crippen LogP contribution in [0.25, 0.3) is 11.1 Å². The average Bonchev–Trinajstić information content (AvgIpc) is 3.45. The van der Waals surface area contributed by atoms with Gasteiger partial charge in [0.1, 0.15) is 0 Å². The first-order valence-electron chi connectivity index (χ1n) is 13.9. The van der Waals surface area contributed by atoms with Crippen molar-refractivity contribution < 1.29 is 23.1 Å². The Kier molecular flexibility index (Phi) is 5.59. The molecule has 0 spiro atoms. The van der Waals surface area contributed by atoms with Crippen molar-refractivity contribution in [3.63, 3.8) is 0 Å². The van der Waals surface area contributed by atoms with Gasteiger partial charge in [0.15, 0.2) is 14.6 Å². The van der Waals surface area contributed by atoms with Gasteiger partial charge < -0.3 is 5.11 Å². The molecule has 1 N–H and O–H groups in total. The number of rotatable bonds is 5. The summed E-state index contributed by atoms with van der Waals surface area (Å²) in [5, 5.41) is 12.5. The molecule has 7 heteroatoms. The highest BCUT2D eigenvalue weighted by Gasteiger charge is 2.90. The zero-order chi connectivity index (χ0) is 29.5. The quantitative estimate of drug-likeness (QED) is 0.322. The Bertz CT molecular complexity index is 1880. The van der Waals surface area contributed by atoms with Gasteiger partial charge in [-0.1, -0.05) is 111 Å². The highest BCUT2D eigenvalue weighted by molar-refractivity contribution is 7.94. The SMILES string of the molecule is CC12C(c3ccccc3)=C(c3ccccc3)C(C)(C1O)C1(S(=O)(=O)c3ccccc3)C(=O)N(c3ccccc3)C(=O)C21. The Morgan fingerprint density at radius 3 is 1.64 bits per heavy atom. The molecule has 1 saturated heterocycles. The van der Waals surface area contributed by atoms with Crippen LogP contribution in [0, 0.1) is 16.7 Å². The van der Waals surface area contributed by atoms with Gasteiger partial charge >= 0.3 is 0 Å². The van der Waals surface area contributed by atoms with Gasteiger partial charge in [-0.15, -0.1) is 0 Å². The van der Waals surface area contributed by atoms with Crippen molar-refractivity contribution in [2.24, 2.45) is 16.7 Å². The highest BCUT2D eigenvalue weighted by Crippen LogP contribution is 2.79. The fourth-order valence-electron chi connectivity index (χ4n) is 8.25. The van der Waals surface area contributed by atoms with Crippen molar-refractivity contribution in [2.45, 2.75) is 29.6 Å². The molecule has 4 aromatic carbocycles. The minimum atomic E-state index is -4.57. The standard InChI is InChI=1S/C35H29NO5S/c1-33-27(23-15-7-3-8-16-23)28(24-17-9-4-10-18-24)34(2,31(33)38)35(42(40,41)26-21-13-6-14-22-26)29(33)30(37)36(32(35)39)25-19-11-5-12-20-25/h3-22,29,31,38H,1-2H3. The smallest absolute Gasteiger partial charge is 0.257 e. The summed E-state index contributed by atoms with van der Waals surface area (Å²) in [6.07, 6.45) is -1.36. The highest BCUT2D eigenvalue weighted by atomic mass is 32.2. The summed E-state index contributed by atoms with van der Waals surface area (Å²) in [5.74, 6) is -2.85. The third kappa shape index (κ3) is 2.90. The summed E-state index contributed by atoms with van der Waals surface area (Å²) in [6.45, 7) is 3.41. The van der Waals surface area contributed by atoms with E-state index in [0.717, 1.165) is 10.5 Å². The second-order valence-electron chi connectivity index (χ2n) is 11.7. The maximum atomic E-state index is 15.1. The molecular weight excluding hydrogens is 546 g/mol. The Morgan fingerprint density at radius 1 is 0.667 bits per heavy atom. The van der Waals surface area contributed by atoms with Crippen LogP contribution in [0.4, 0.5) is 5.69 Å². The van der Waals surface area contributed by atoms with Crippen LogP contribution in [-0.4, -0.2) is 36.2 Å². The topological polar surface area (TPSA) is 91.8 Å². The number of sulfone groups is 1. The van der Waals surface area contributed by atoms with E-state index in [4.69, 9.17) is 0 Å². The number of fused-ring (bicyclic) bond motifs is 5. The summed E-state index contributed by atoms with van der Waals surface area (Å²) in [4.78, 5) is 30.7. The molecule has 1 heterocycles. The number of amides is 2. The van der Waals surface area contributed by atoms with E-state index in [1.165, 1.54) is 12.1 Å². The first-order valence-corrected chi connectivity index (χ1v) is 15.4. The van der Waals surface area contributed by atoms with Gasteiger partial charge in [-0.25, -0.2) is 13.3 Å². The summed E-state index contributed by atoms with van der Waals surface area (Å²) in [5.41, 5.74) is -0.0936. The molecule has 5 atom stereocenters. The second-order valence-corrected chi connectivity index (χ2v) is 13.8. The predicted octanol–water partition coefficient (Wildman–Crippen LogP) is 5.40. The first kappa shape index (κ1) is 26.6. The molecule has 0 aromatic heterocycles. The molecule has 0 radical (unpaired) electrons. The van der Waals surface area contributed by atoms with E-state index in [0.29, 0.717) is 22.4 Å². The molecule has 2 amide bonds. The van der Waals surface area contributed by atoms with E-state index in [1.54, 1.807) is 62.4 Å². The number of para-hydroxylation sites is 1. The third-order valence-corrected chi connectivity index (χ3v) is 12.4. The van der Waals surface area contributed by atoms with Gasteiger partial charge in [0.25, 0.3) is 5.91 Å². The van der Waals surface area contributed by atoms with Gasteiger partial charge in [-0.2, -0.15) is 0 Å². The van der Waals surface area contributed by atoms with Crippen LogP contribution in [0.5, 0.6) is 0 Å². The largest absolute Gasteiger partial charge is 0.391 e. The number of benzene rings is 4. The van der Waals surface area contributed by atoms with Crippen molar-refractivity contribution in [3.8, 4) is 0 Å². The zero-order valence-electron chi connectivity index (χ0n) is 23.1. The maximum Gasteiger partial charge on any atom is 0.257 e. The van der Waals surface area contributed by atoms with E-state index < -0.39 is 49.3 Å². The van der Waals surface area contributed by atoms with Crippen molar-refractivity contribution in [3.05, 3.63) is 132 Å². The molecule has 5 unspecified atom stereocenters. The zero-order valence-corrected chi connectivity index (χ0v) is 24.0. The van der Waals surface area contributed by atoms with Crippen LogP contribution in [0.1, 0.15) is 25.0 Å². The van der Waals surface area contributed by atoms with Crippen LogP contribution in [0.15, 0.2) is 126 Å². The van der Waals surface area contributed by atoms with Crippen LogP contribution in [-0.2, 0) is 19.4 Å². The maximum absolute atomic E-state index is 15.1. The number of hydrogen-bond acceptors (Lipinski definition) is 5. The molecule has 7 rings (SSSR count). The van der Waals surface area contributed by atoms with Gasteiger partial charge in [0, 0.05) is 5.41 Å². The second kappa shape index (κ2) is 8.84. The molecule has 2 bridgehead atoms. The van der Waals surface area contributed by atoms with Crippen LogP contribution < -0.4 is 4.90 Å². The van der Waals surface area contributed by atoms with Crippen LogP contribution in [0.2, 0.25) is 0 Å². The number of carbonyl (C=O) groups is 2. The molecule has 42 heavy (non-hydrogen) atoms. The third-order valence-electron chi connectivity index (χ3n) is 9.81. The monoisotopic (exact) mass is 575 g/mol. The molecule has 3 aliphatic rings. The summed E-state index contributed by atoms with van der Waals surface area (Å²) in [6, 6.07) is 35.0. The molecule has 2 fully saturated rings. The van der Waals surface area contributed by atoms with Crippen molar-refractivity contribution in [2.75, 3.05) is 4.90 Å². The fourth-order valence-corrected chi connectivity index (χ4v) is 10.9. The lowest BCUT2D eigenvalue weighted by atomic mass is 9.62. The Labute approximate surface area is 244 Å². The van der Waals surface area contributed by atoms with Crippen molar-refractivity contribution in [1.29, 1.82) is 0 Å². The number of anilines is 1. The molecular formula is C35H29NO5S. The molecule has 210 valence electrons. The fraction of sp³-hybridized carbons (Fsp3) is 0.200. The van der Waals surface area contributed by atoms with Crippen molar-refractivity contribution in [1.82, 2.24) is 0 Å². The molecule has 2 aliphatic carbocycles. The molecule has 1 aliphatic heterocycles. The average molecular weight is 576 g/mol. The number of hydrogen-bond donors (Lipinski definition) is 1.